The molecule has 1 aliphatic rings. The molecule has 0 aromatic carbocycles. The van der Waals surface area contributed by atoms with E-state index in [1.165, 1.54) is 0 Å². The molecule has 102 valence electrons. The molecule has 3 rings (SSSR count). The Labute approximate surface area is 111 Å². The molecule has 1 fully saturated rings. The van der Waals surface area contributed by atoms with Gasteiger partial charge in [0.25, 0.3) is 0 Å². The van der Waals surface area contributed by atoms with Crippen molar-refractivity contribution in [2.45, 2.75) is 0 Å². The van der Waals surface area contributed by atoms with Gasteiger partial charge in [-0.25, -0.2) is 5.01 Å². The highest BCUT2D eigenvalue weighted by Crippen LogP contribution is 2.20. The summed E-state index contributed by atoms with van der Waals surface area (Å²) < 4.78 is 0. The molecule has 0 atom stereocenters. The standard InChI is InChI=1S/C11H18N8/c1-12-11-14-9-8(7-13-16-9)10(15-11)17-19-5-3-18(2)4-6-19/h7H,3-6H2,1-2H3,(H3,12,13,14,15,16,17). The molecule has 2 aromatic rings. The summed E-state index contributed by atoms with van der Waals surface area (Å²) in [6, 6.07) is 0. The molecule has 0 unspecified atom stereocenters. The Bertz CT molecular complexity index is 557. The number of piperazine rings is 1. The zero-order valence-corrected chi connectivity index (χ0v) is 11.1. The van der Waals surface area contributed by atoms with Crippen molar-refractivity contribution >= 4 is 22.8 Å². The van der Waals surface area contributed by atoms with Crippen LogP contribution < -0.4 is 10.7 Å². The second-order valence-electron chi connectivity index (χ2n) is 4.68. The van der Waals surface area contributed by atoms with Crippen molar-refractivity contribution < 1.29 is 0 Å². The van der Waals surface area contributed by atoms with E-state index in [1.807, 2.05) is 0 Å². The van der Waals surface area contributed by atoms with Gasteiger partial charge in [0.15, 0.2) is 11.5 Å². The molecular formula is C11H18N8. The number of nitrogens with one attached hydrogen (secondary N) is 3. The molecule has 1 saturated heterocycles. The summed E-state index contributed by atoms with van der Waals surface area (Å²) in [5.41, 5.74) is 4.09. The number of anilines is 2. The van der Waals surface area contributed by atoms with Crippen LogP contribution in [-0.2, 0) is 0 Å². The minimum absolute atomic E-state index is 0.577. The summed E-state index contributed by atoms with van der Waals surface area (Å²) in [5, 5.41) is 12.9. The predicted molar refractivity (Wildman–Crippen MR) is 73.9 cm³/mol. The Kier molecular flexibility index (Phi) is 3.18. The molecule has 0 amide bonds. The van der Waals surface area contributed by atoms with E-state index in [-0.39, 0.29) is 0 Å². The van der Waals surface area contributed by atoms with Crippen molar-refractivity contribution in [2.75, 3.05) is 51.0 Å². The maximum absolute atomic E-state index is 4.46. The average molecular weight is 262 g/mol. The maximum atomic E-state index is 4.46. The van der Waals surface area contributed by atoms with Crippen LogP contribution >= 0.6 is 0 Å². The second kappa shape index (κ2) is 4.98. The third kappa shape index (κ3) is 2.45. The van der Waals surface area contributed by atoms with Gasteiger partial charge in [-0.1, -0.05) is 0 Å². The number of aromatic nitrogens is 4. The molecule has 0 bridgehead atoms. The van der Waals surface area contributed by atoms with Crippen LogP contribution in [0.2, 0.25) is 0 Å². The van der Waals surface area contributed by atoms with Gasteiger partial charge in [0.2, 0.25) is 5.95 Å². The van der Waals surface area contributed by atoms with Crippen molar-refractivity contribution in [1.82, 2.24) is 30.1 Å². The first kappa shape index (κ1) is 12.1. The Morgan fingerprint density at radius 3 is 2.74 bits per heavy atom. The van der Waals surface area contributed by atoms with Crippen molar-refractivity contribution in [3.8, 4) is 0 Å². The minimum atomic E-state index is 0.577. The van der Waals surface area contributed by atoms with Crippen molar-refractivity contribution in [3.05, 3.63) is 6.20 Å². The Hall–Kier alpha value is -1.93. The number of nitrogens with zero attached hydrogens (tertiary/aromatic N) is 5. The van der Waals surface area contributed by atoms with Gasteiger partial charge in [0, 0.05) is 33.2 Å². The van der Waals surface area contributed by atoms with E-state index in [9.17, 15) is 0 Å². The van der Waals surface area contributed by atoms with E-state index in [0.717, 1.165) is 43.0 Å². The van der Waals surface area contributed by atoms with Gasteiger partial charge in [0.1, 0.15) is 0 Å². The highest BCUT2D eigenvalue weighted by atomic mass is 15.5. The van der Waals surface area contributed by atoms with Crippen molar-refractivity contribution in [2.24, 2.45) is 0 Å². The minimum Gasteiger partial charge on any atom is -0.357 e. The number of rotatable bonds is 3. The van der Waals surface area contributed by atoms with E-state index >= 15 is 0 Å². The van der Waals surface area contributed by atoms with Crippen LogP contribution in [-0.4, -0.2) is 70.3 Å². The molecule has 0 aliphatic carbocycles. The molecule has 3 N–H and O–H groups in total. The van der Waals surface area contributed by atoms with Crippen LogP contribution in [0.1, 0.15) is 0 Å². The molecule has 8 heteroatoms. The van der Waals surface area contributed by atoms with E-state index < -0.39 is 0 Å². The van der Waals surface area contributed by atoms with E-state index in [1.54, 1.807) is 13.2 Å². The van der Waals surface area contributed by atoms with Crippen molar-refractivity contribution in [3.63, 3.8) is 0 Å². The molecule has 8 nitrogen and oxygen atoms in total. The first-order chi connectivity index (χ1) is 9.26. The fourth-order valence-electron chi connectivity index (χ4n) is 2.10. The smallest absolute Gasteiger partial charge is 0.226 e. The number of hydrogen-bond acceptors (Lipinski definition) is 7. The van der Waals surface area contributed by atoms with Gasteiger partial charge in [-0.3, -0.25) is 5.10 Å². The molecule has 19 heavy (non-hydrogen) atoms. The zero-order chi connectivity index (χ0) is 13.2. The van der Waals surface area contributed by atoms with Gasteiger partial charge in [-0.2, -0.15) is 15.1 Å². The van der Waals surface area contributed by atoms with Gasteiger partial charge < -0.3 is 15.6 Å². The fourth-order valence-corrected chi connectivity index (χ4v) is 2.10. The molecule has 2 aromatic heterocycles. The Morgan fingerprint density at radius 2 is 2.00 bits per heavy atom. The lowest BCUT2D eigenvalue weighted by atomic mass is 10.3. The number of hydrazine groups is 1. The van der Waals surface area contributed by atoms with Gasteiger partial charge in [-0.15, -0.1) is 0 Å². The summed E-state index contributed by atoms with van der Waals surface area (Å²) in [6.07, 6.45) is 1.74. The fraction of sp³-hybridized carbons (Fsp3) is 0.545. The molecule has 0 radical (unpaired) electrons. The third-order valence-corrected chi connectivity index (χ3v) is 3.30. The van der Waals surface area contributed by atoms with Gasteiger partial charge in [0.05, 0.1) is 11.6 Å². The predicted octanol–water partition coefficient (Wildman–Crippen LogP) is -0.0311. The molecule has 0 spiro atoms. The summed E-state index contributed by atoms with van der Waals surface area (Å²) in [5.74, 6) is 1.36. The van der Waals surface area contributed by atoms with E-state index in [2.05, 4.69) is 47.9 Å². The summed E-state index contributed by atoms with van der Waals surface area (Å²) in [4.78, 5) is 11.1. The summed E-state index contributed by atoms with van der Waals surface area (Å²) in [6.45, 7) is 4.03. The van der Waals surface area contributed by atoms with E-state index in [4.69, 9.17) is 0 Å². The molecular weight excluding hydrogens is 244 g/mol. The average Bonchev–Trinajstić information content (AvgIpc) is 2.89. The van der Waals surface area contributed by atoms with E-state index in [0.29, 0.717) is 5.95 Å². The molecule has 3 heterocycles. The van der Waals surface area contributed by atoms with Crippen LogP contribution in [0, 0.1) is 0 Å². The van der Waals surface area contributed by atoms with Crippen molar-refractivity contribution in [1.29, 1.82) is 0 Å². The van der Waals surface area contributed by atoms with Crippen LogP contribution in [0.25, 0.3) is 11.0 Å². The Morgan fingerprint density at radius 1 is 1.21 bits per heavy atom. The molecule has 0 saturated carbocycles. The topological polar surface area (TPSA) is 85.0 Å². The van der Waals surface area contributed by atoms with Crippen LogP contribution in [0.4, 0.5) is 11.8 Å². The third-order valence-electron chi connectivity index (χ3n) is 3.30. The van der Waals surface area contributed by atoms with Crippen LogP contribution in [0.5, 0.6) is 0 Å². The highest BCUT2D eigenvalue weighted by Gasteiger charge is 2.16. The number of hydrogen-bond donors (Lipinski definition) is 3. The SMILES string of the molecule is CNc1nc(NN2CCN(C)CC2)c2cn[nH]c2n1. The largest absolute Gasteiger partial charge is 0.357 e. The van der Waals surface area contributed by atoms with Gasteiger partial charge >= 0.3 is 0 Å². The summed E-state index contributed by atoms with van der Waals surface area (Å²) in [7, 11) is 3.94. The molecule has 1 aliphatic heterocycles. The maximum Gasteiger partial charge on any atom is 0.226 e. The lowest BCUT2D eigenvalue weighted by Crippen LogP contribution is -2.47. The quantitative estimate of drug-likeness (QED) is 0.716. The first-order valence-electron chi connectivity index (χ1n) is 6.35. The van der Waals surface area contributed by atoms with Gasteiger partial charge in [-0.05, 0) is 7.05 Å². The zero-order valence-electron chi connectivity index (χ0n) is 11.1. The number of likely N-dealkylation sites (N-methyl/N-ethyl adjacent to an activating group) is 1. The lowest BCUT2D eigenvalue weighted by molar-refractivity contribution is 0.178. The first-order valence-corrected chi connectivity index (χ1v) is 6.35. The lowest BCUT2D eigenvalue weighted by Gasteiger charge is -2.32. The Balaban J connectivity index is 1.85. The number of H-pyrrole nitrogens is 1. The second-order valence-corrected chi connectivity index (χ2v) is 4.68. The number of fused-ring (bicyclic) bond motifs is 1. The monoisotopic (exact) mass is 262 g/mol. The normalized spacial score (nSPS) is 17.8. The number of aromatic amines is 1. The summed E-state index contributed by atoms with van der Waals surface area (Å²) >= 11 is 0. The van der Waals surface area contributed by atoms with Crippen LogP contribution in [0.15, 0.2) is 6.20 Å². The highest BCUT2D eigenvalue weighted by molar-refractivity contribution is 5.86. The van der Waals surface area contributed by atoms with Crippen LogP contribution in [0.3, 0.4) is 0 Å².